The molecule has 1 aromatic heterocycles. The van der Waals surface area contributed by atoms with E-state index in [4.69, 9.17) is 4.74 Å². The zero-order chi connectivity index (χ0) is 15.7. The zero-order valence-corrected chi connectivity index (χ0v) is 13.1. The fraction of sp³-hybridized carbons (Fsp3) is 0.571. The maximum atomic E-state index is 12.2. The molecule has 22 heavy (non-hydrogen) atoms. The average molecular weight is 325 g/mol. The molecule has 0 unspecified atom stereocenters. The van der Waals surface area contributed by atoms with Gasteiger partial charge in [-0.1, -0.05) is 6.07 Å². The first kappa shape index (κ1) is 15.4. The van der Waals surface area contributed by atoms with Crippen molar-refractivity contribution in [3.05, 3.63) is 30.1 Å². The second-order valence-corrected chi connectivity index (χ2v) is 7.64. The number of hydrogen-bond donors (Lipinski definition) is 1. The summed E-state index contributed by atoms with van der Waals surface area (Å²) in [6, 6.07) is 3.47. The van der Waals surface area contributed by atoms with E-state index in [-0.39, 0.29) is 18.1 Å². The Balaban J connectivity index is 1.58. The Hall–Kier alpha value is -1.51. The number of pyridine rings is 1. The quantitative estimate of drug-likeness (QED) is 0.834. The summed E-state index contributed by atoms with van der Waals surface area (Å²) in [5, 5.41) is 2.81. The van der Waals surface area contributed by atoms with Gasteiger partial charge in [-0.05, 0) is 18.1 Å². The molecule has 2 fully saturated rings. The summed E-state index contributed by atoms with van der Waals surface area (Å²) in [7, 11) is -3.25. The van der Waals surface area contributed by atoms with Gasteiger partial charge in [0.1, 0.15) is 6.10 Å². The lowest BCUT2D eigenvalue weighted by atomic mass is 10.1. The lowest BCUT2D eigenvalue weighted by Gasteiger charge is -2.19. The van der Waals surface area contributed by atoms with Crippen LogP contribution in [0.25, 0.3) is 0 Å². The number of hydrogen-bond acceptors (Lipinski definition) is 5. The predicted molar refractivity (Wildman–Crippen MR) is 79.3 cm³/mol. The van der Waals surface area contributed by atoms with Gasteiger partial charge in [-0.3, -0.25) is 9.78 Å². The summed E-state index contributed by atoms with van der Waals surface area (Å²) in [6.07, 6.45) is 4.86. The van der Waals surface area contributed by atoms with Gasteiger partial charge in [0.15, 0.2) is 0 Å². The largest absolute Gasteiger partial charge is 0.363 e. The first-order valence-electron chi connectivity index (χ1n) is 7.24. The van der Waals surface area contributed by atoms with E-state index in [0.29, 0.717) is 25.9 Å². The normalized spacial score (nSPS) is 28.5. The van der Waals surface area contributed by atoms with Crippen LogP contribution in [0.2, 0.25) is 0 Å². The van der Waals surface area contributed by atoms with E-state index >= 15 is 0 Å². The van der Waals surface area contributed by atoms with Gasteiger partial charge in [0, 0.05) is 31.9 Å². The Bertz CT molecular complexity index is 649. The van der Waals surface area contributed by atoms with E-state index < -0.39 is 16.1 Å². The number of nitrogens with zero attached hydrogens (tertiary/aromatic N) is 2. The van der Waals surface area contributed by atoms with Crippen LogP contribution in [0.1, 0.15) is 18.4 Å². The number of ether oxygens (including phenoxy) is 1. The fourth-order valence-electron chi connectivity index (χ4n) is 3.10. The molecule has 3 heterocycles. The smallest absolute Gasteiger partial charge is 0.249 e. The van der Waals surface area contributed by atoms with Crippen molar-refractivity contribution >= 4 is 15.9 Å². The van der Waals surface area contributed by atoms with Crippen molar-refractivity contribution in [3.8, 4) is 0 Å². The van der Waals surface area contributed by atoms with Crippen molar-refractivity contribution in [2.45, 2.75) is 37.6 Å². The van der Waals surface area contributed by atoms with Gasteiger partial charge in [-0.25, -0.2) is 8.42 Å². The van der Waals surface area contributed by atoms with Gasteiger partial charge < -0.3 is 10.1 Å². The zero-order valence-electron chi connectivity index (χ0n) is 12.3. The molecule has 0 radical (unpaired) electrons. The number of carbonyl (C=O) groups is 1. The predicted octanol–water partition coefficient (Wildman–Crippen LogP) is -0.111. The number of aromatic nitrogens is 1. The number of nitrogens with one attached hydrogen (secondary N) is 1. The molecule has 2 aliphatic rings. The Morgan fingerprint density at radius 1 is 1.55 bits per heavy atom. The molecule has 7 nitrogen and oxygen atoms in total. The molecule has 0 aromatic carbocycles. The summed E-state index contributed by atoms with van der Waals surface area (Å²) in [5.74, 6) is -0.202. The highest BCUT2D eigenvalue weighted by Crippen LogP contribution is 2.34. The SMILES string of the molecule is CS(=O)(=O)N1CC[C@@H]2O[C@H](C(=O)NCc3cccnc3)C[C@@H]21. The third-order valence-corrected chi connectivity index (χ3v) is 5.44. The summed E-state index contributed by atoms with van der Waals surface area (Å²) >= 11 is 0. The van der Waals surface area contributed by atoms with Crippen LogP contribution in [-0.2, 0) is 26.1 Å². The van der Waals surface area contributed by atoms with Crippen LogP contribution < -0.4 is 5.32 Å². The van der Waals surface area contributed by atoms with Crippen molar-refractivity contribution in [1.29, 1.82) is 0 Å². The molecule has 2 aliphatic heterocycles. The first-order valence-corrected chi connectivity index (χ1v) is 9.09. The first-order chi connectivity index (χ1) is 10.4. The van der Waals surface area contributed by atoms with Crippen LogP contribution in [0.4, 0.5) is 0 Å². The van der Waals surface area contributed by atoms with Crippen molar-refractivity contribution in [1.82, 2.24) is 14.6 Å². The van der Waals surface area contributed by atoms with Crippen LogP contribution in [-0.4, -0.2) is 54.7 Å². The molecular weight excluding hydrogens is 306 g/mol. The van der Waals surface area contributed by atoms with Crippen molar-refractivity contribution in [3.63, 3.8) is 0 Å². The minimum absolute atomic E-state index is 0.177. The molecule has 1 aromatic rings. The molecule has 0 spiro atoms. The third kappa shape index (κ3) is 3.13. The third-order valence-electron chi connectivity index (χ3n) is 4.14. The molecule has 1 amide bonds. The molecule has 0 bridgehead atoms. The van der Waals surface area contributed by atoms with E-state index in [2.05, 4.69) is 10.3 Å². The average Bonchev–Trinajstić information content (AvgIpc) is 3.04. The van der Waals surface area contributed by atoms with Gasteiger partial charge in [0.05, 0.1) is 18.4 Å². The lowest BCUT2D eigenvalue weighted by Crippen LogP contribution is -2.38. The van der Waals surface area contributed by atoms with Gasteiger partial charge in [-0.15, -0.1) is 0 Å². The van der Waals surface area contributed by atoms with E-state index in [1.54, 1.807) is 12.4 Å². The monoisotopic (exact) mass is 325 g/mol. The Kier molecular flexibility index (Phi) is 4.16. The number of fused-ring (bicyclic) bond motifs is 1. The molecule has 120 valence electrons. The van der Waals surface area contributed by atoms with Crippen LogP contribution in [0.3, 0.4) is 0 Å². The van der Waals surface area contributed by atoms with Crippen LogP contribution in [0, 0.1) is 0 Å². The maximum absolute atomic E-state index is 12.2. The molecule has 2 saturated heterocycles. The van der Waals surface area contributed by atoms with Crippen molar-refractivity contribution < 1.29 is 17.9 Å². The van der Waals surface area contributed by atoms with Crippen LogP contribution in [0.5, 0.6) is 0 Å². The number of carbonyl (C=O) groups excluding carboxylic acids is 1. The van der Waals surface area contributed by atoms with E-state index in [1.165, 1.54) is 10.6 Å². The summed E-state index contributed by atoms with van der Waals surface area (Å²) < 4.78 is 30.6. The Labute approximate surface area is 129 Å². The number of amides is 1. The highest BCUT2D eigenvalue weighted by Gasteiger charge is 2.48. The van der Waals surface area contributed by atoms with Gasteiger partial charge in [0.25, 0.3) is 0 Å². The molecular formula is C14H19N3O4S. The fourth-order valence-corrected chi connectivity index (χ4v) is 4.25. The second kappa shape index (κ2) is 5.94. The standard InChI is InChI=1S/C14H19N3O4S/c1-22(19,20)17-6-4-12-11(17)7-13(21-12)14(18)16-9-10-3-2-5-15-8-10/h2-3,5,8,11-13H,4,6-7,9H2,1H3,(H,16,18)/t11-,12-,13-/m0/s1. The topological polar surface area (TPSA) is 88.6 Å². The number of rotatable bonds is 4. The Morgan fingerprint density at radius 3 is 3.05 bits per heavy atom. The minimum Gasteiger partial charge on any atom is -0.363 e. The molecule has 0 aliphatic carbocycles. The van der Waals surface area contributed by atoms with E-state index in [1.807, 2.05) is 12.1 Å². The molecule has 1 N–H and O–H groups in total. The maximum Gasteiger partial charge on any atom is 0.249 e. The van der Waals surface area contributed by atoms with Crippen LogP contribution >= 0.6 is 0 Å². The molecule has 3 atom stereocenters. The van der Waals surface area contributed by atoms with E-state index in [9.17, 15) is 13.2 Å². The molecule has 0 saturated carbocycles. The summed E-state index contributed by atoms with van der Waals surface area (Å²) in [5.41, 5.74) is 0.909. The lowest BCUT2D eigenvalue weighted by molar-refractivity contribution is -0.132. The van der Waals surface area contributed by atoms with Gasteiger partial charge in [-0.2, -0.15) is 4.31 Å². The van der Waals surface area contributed by atoms with E-state index in [0.717, 1.165) is 5.56 Å². The highest BCUT2D eigenvalue weighted by molar-refractivity contribution is 7.88. The van der Waals surface area contributed by atoms with Gasteiger partial charge >= 0.3 is 0 Å². The second-order valence-electron chi connectivity index (χ2n) is 5.71. The highest BCUT2D eigenvalue weighted by atomic mass is 32.2. The van der Waals surface area contributed by atoms with Crippen molar-refractivity contribution in [2.75, 3.05) is 12.8 Å². The molecule has 3 rings (SSSR count). The van der Waals surface area contributed by atoms with Crippen molar-refractivity contribution in [2.24, 2.45) is 0 Å². The minimum atomic E-state index is -3.25. The summed E-state index contributed by atoms with van der Waals surface area (Å²) in [4.78, 5) is 16.2. The summed E-state index contributed by atoms with van der Waals surface area (Å²) in [6.45, 7) is 0.857. The van der Waals surface area contributed by atoms with Crippen LogP contribution in [0.15, 0.2) is 24.5 Å². The number of sulfonamides is 1. The Morgan fingerprint density at radius 2 is 2.36 bits per heavy atom. The van der Waals surface area contributed by atoms with Gasteiger partial charge in [0.2, 0.25) is 15.9 Å². The molecule has 8 heteroatoms.